The zero-order valence-electron chi connectivity index (χ0n) is 8.80. The van der Waals surface area contributed by atoms with Gasteiger partial charge in [0.2, 0.25) is 0 Å². The van der Waals surface area contributed by atoms with Gasteiger partial charge in [-0.1, -0.05) is 0 Å². The Bertz CT molecular complexity index is 349. The first kappa shape index (κ1) is 11.2. The summed E-state index contributed by atoms with van der Waals surface area (Å²) in [5, 5.41) is 21.3. The number of rotatable bonds is 3. The minimum atomic E-state index is -0.535. The number of aliphatic hydroxyl groups excluding tert-OH is 2. The van der Waals surface area contributed by atoms with Crippen molar-refractivity contribution in [3.63, 3.8) is 0 Å². The molecule has 1 amide bonds. The Hall–Kier alpha value is -1.33. The highest BCUT2D eigenvalue weighted by molar-refractivity contribution is 5.91. The third-order valence-corrected chi connectivity index (χ3v) is 2.97. The topological polar surface area (TPSA) is 82.7 Å². The second kappa shape index (κ2) is 4.67. The van der Waals surface area contributed by atoms with Crippen LogP contribution in [-0.2, 0) is 0 Å². The summed E-state index contributed by atoms with van der Waals surface area (Å²) < 4.78 is 4.96. The third kappa shape index (κ3) is 2.25. The van der Waals surface area contributed by atoms with E-state index in [9.17, 15) is 9.90 Å². The first-order valence-electron chi connectivity index (χ1n) is 5.34. The molecule has 5 nitrogen and oxygen atoms in total. The molecule has 0 unspecified atom stereocenters. The van der Waals surface area contributed by atoms with Crippen molar-refractivity contribution >= 4 is 5.91 Å². The van der Waals surface area contributed by atoms with Gasteiger partial charge in [-0.3, -0.25) is 4.79 Å². The average Bonchev–Trinajstić information content (AvgIpc) is 2.87. The Morgan fingerprint density at radius 1 is 1.56 bits per heavy atom. The summed E-state index contributed by atoms with van der Waals surface area (Å²) in [6.07, 6.45) is 1.99. The summed E-state index contributed by atoms with van der Waals surface area (Å²) in [7, 11) is 0. The molecular weight excluding hydrogens is 210 g/mol. The van der Waals surface area contributed by atoms with Crippen LogP contribution in [0.2, 0.25) is 0 Å². The highest BCUT2D eigenvalue weighted by Gasteiger charge is 2.33. The lowest BCUT2D eigenvalue weighted by Gasteiger charge is -2.10. The van der Waals surface area contributed by atoms with Crippen LogP contribution in [0.15, 0.2) is 22.8 Å². The highest BCUT2D eigenvalue weighted by atomic mass is 16.3. The number of carbonyl (C=O) groups excluding carboxylic acids is 1. The molecular formula is C11H15NO4. The van der Waals surface area contributed by atoms with Crippen molar-refractivity contribution in [3.05, 3.63) is 24.2 Å². The summed E-state index contributed by atoms with van der Waals surface area (Å²) in [5.74, 6) is -0.148. The minimum absolute atomic E-state index is 0.0473. The molecule has 88 valence electrons. The van der Waals surface area contributed by atoms with Crippen LogP contribution >= 0.6 is 0 Å². The first-order chi connectivity index (χ1) is 7.70. The molecule has 16 heavy (non-hydrogen) atoms. The molecule has 0 radical (unpaired) electrons. The van der Waals surface area contributed by atoms with Gasteiger partial charge in [0.1, 0.15) is 0 Å². The molecule has 1 aromatic heterocycles. The average molecular weight is 225 g/mol. The van der Waals surface area contributed by atoms with Crippen LogP contribution in [0.5, 0.6) is 0 Å². The maximum Gasteiger partial charge on any atom is 0.287 e. The number of carbonyl (C=O) groups is 1. The molecule has 3 atom stereocenters. The van der Waals surface area contributed by atoms with Gasteiger partial charge in [-0.05, 0) is 25.0 Å². The van der Waals surface area contributed by atoms with Crippen LogP contribution in [0.3, 0.4) is 0 Å². The van der Waals surface area contributed by atoms with E-state index in [2.05, 4.69) is 5.32 Å². The second-order valence-electron chi connectivity index (χ2n) is 4.13. The Kier molecular flexibility index (Phi) is 3.26. The Labute approximate surface area is 93.1 Å². The fraction of sp³-hybridized carbons (Fsp3) is 0.545. The van der Waals surface area contributed by atoms with E-state index < -0.39 is 6.10 Å². The maximum absolute atomic E-state index is 11.6. The third-order valence-electron chi connectivity index (χ3n) is 2.97. The van der Waals surface area contributed by atoms with Gasteiger partial charge in [0.25, 0.3) is 5.91 Å². The van der Waals surface area contributed by atoms with Gasteiger partial charge in [-0.25, -0.2) is 0 Å². The zero-order valence-corrected chi connectivity index (χ0v) is 8.80. The van der Waals surface area contributed by atoms with E-state index in [0.717, 1.165) is 0 Å². The van der Waals surface area contributed by atoms with Crippen LogP contribution in [0, 0.1) is 5.92 Å². The zero-order chi connectivity index (χ0) is 11.5. The minimum Gasteiger partial charge on any atom is -0.459 e. The number of amides is 1. The van der Waals surface area contributed by atoms with Crippen LogP contribution in [0.4, 0.5) is 0 Å². The first-order valence-corrected chi connectivity index (χ1v) is 5.34. The molecule has 2 rings (SSSR count). The van der Waals surface area contributed by atoms with Gasteiger partial charge in [-0.2, -0.15) is 0 Å². The molecule has 1 saturated carbocycles. The van der Waals surface area contributed by atoms with Gasteiger partial charge >= 0.3 is 0 Å². The molecule has 0 aliphatic heterocycles. The van der Waals surface area contributed by atoms with Crippen molar-refractivity contribution in [2.45, 2.75) is 25.0 Å². The smallest absolute Gasteiger partial charge is 0.287 e. The van der Waals surface area contributed by atoms with Crippen LogP contribution in [0.25, 0.3) is 0 Å². The summed E-state index contributed by atoms with van der Waals surface area (Å²) in [6, 6.07) is 3.14. The van der Waals surface area contributed by atoms with E-state index >= 15 is 0 Å². The van der Waals surface area contributed by atoms with Gasteiger partial charge < -0.3 is 19.9 Å². The predicted octanol–water partition coefficient (Wildman–Crippen LogP) is 0.141. The van der Waals surface area contributed by atoms with Crippen molar-refractivity contribution in [1.29, 1.82) is 0 Å². The summed E-state index contributed by atoms with van der Waals surface area (Å²) >= 11 is 0. The molecule has 1 fully saturated rings. The van der Waals surface area contributed by atoms with Gasteiger partial charge in [0.05, 0.1) is 12.4 Å². The Morgan fingerprint density at radius 3 is 2.94 bits per heavy atom. The monoisotopic (exact) mass is 225 g/mol. The largest absolute Gasteiger partial charge is 0.459 e. The van der Waals surface area contributed by atoms with E-state index in [1.807, 2.05) is 0 Å². The molecule has 0 saturated heterocycles. The fourth-order valence-electron chi connectivity index (χ4n) is 2.08. The summed E-state index contributed by atoms with van der Waals surface area (Å²) in [4.78, 5) is 11.6. The highest BCUT2D eigenvalue weighted by Crippen LogP contribution is 2.25. The standard InChI is InChI=1S/C11H15NO4/c13-6-7-4-8(5-9(7)14)12-11(15)10-2-1-3-16-10/h1-3,7-9,13-14H,4-6H2,(H,12,15)/t7-,8+,9+/m0/s1. The predicted molar refractivity (Wildman–Crippen MR) is 55.8 cm³/mol. The summed E-state index contributed by atoms with van der Waals surface area (Å²) in [6.45, 7) is -0.0473. The number of hydrogen-bond donors (Lipinski definition) is 3. The Morgan fingerprint density at radius 2 is 2.38 bits per heavy atom. The van der Waals surface area contributed by atoms with E-state index in [-0.39, 0.29) is 30.2 Å². The molecule has 0 spiro atoms. The van der Waals surface area contributed by atoms with Crippen molar-refractivity contribution in [3.8, 4) is 0 Å². The lowest BCUT2D eigenvalue weighted by Crippen LogP contribution is -2.33. The molecule has 1 aliphatic rings. The maximum atomic E-state index is 11.6. The van der Waals surface area contributed by atoms with E-state index in [0.29, 0.717) is 12.8 Å². The summed E-state index contributed by atoms with van der Waals surface area (Å²) in [5.41, 5.74) is 0. The number of hydrogen-bond acceptors (Lipinski definition) is 4. The van der Waals surface area contributed by atoms with E-state index in [1.165, 1.54) is 6.26 Å². The molecule has 1 aliphatic carbocycles. The molecule has 0 aromatic carbocycles. The van der Waals surface area contributed by atoms with Crippen molar-refractivity contribution in [1.82, 2.24) is 5.32 Å². The quantitative estimate of drug-likeness (QED) is 0.683. The number of nitrogens with one attached hydrogen (secondary N) is 1. The van der Waals surface area contributed by atoms with Crippen molar-refractivity contribution in [2.24, 2.45) is 5.92 Å². The normalized spacial score (nSPS) is 29.2. The van der Waals surface area contributed by atoms with Crippen LogP contribution in [0.1, 0.15) is 23.4 Å². The number of furan rings is 1. The molecule has 0 bridgehead atoms. The Balaban J connectivity index is 1.90. The van der Waals surface area contributed by atoms with Crippen molar-refractivity contribution < 1.29 is 19.4 Å². The van der Waals surface area contributed by atoms with Crippen LogP contribution < -0.4 is 5.32 Å². The number of aliphatic hydroxyl groups is 2. The molecule has 3 N–H and O–H groups in total. The molecule has 1 heterocycles. The van der Waals surface area contributed by atoms with Gasteiger partial charge in [0, 0.05) is 18.6 Å². The van der Waals surface area contributed by atoms with Crippen molar-refractivity contribution in [2.75, 3.05) is 6.61 Å². The van der Waals surface area contributed by atoms with Gasteiger partial charge in [-0.15, -0.1) is 0 Å². The fourth-order valence-corrected chi connectivity index (χ4v) is 2.08. The second-order valence-corrected chi connectivity index (χ2v) is 4.13. The lowest BCUT2D eigenvalue weighted by molar-refractivity contribution is 0.0895. The lowest BCUT2D eigenvalue weighted by atomic mass is 10.1. The van der Waals surface area contributed by atoms with E-state index in [1.54, 1.807) is 12.1 Å². The SMILES string of the molecule is O=C(N[C@@H]1C[C@@H](CO)[C@H](O)C1)c1ccco1. The van der Waals surface area contributed by atoms with Crippen LogP contribution in [-0.4, -0.2) is 34.9 Å². The molecule has 5 heteroatoms. The van der Waals surface area contributed by atoms with E-state index in [4.69, 9.17) is 9.52 Å². The molecule has 1 aromatic rings. The van der Waals surface area contributed by atoms with Gasteiger partial charge in [0.15, 0.2) is 5.76 Å².